The molecule has 1 fully saturated rings. The predicted molar refractivity (Wildman–Crippen MR) is 116 cm³/mol. The molecule has 0 spiro atoms. The number of hydrogen-bond donors (Lipinski definition) is 2. The van der Waals surface area contributed by atoms with Gasteiger partial charge in [0, 0.05) is 23.7 Å². The summed E-state index contributed by atoms with van der Waals surface area (Å²) in [6.07, 6.45) is 2.61. The number of rotatable bonds is 8. The number of carbonyl (C=O) groups excluding carboxylic acids is 2. The fourth-order valence-electron chi connectivity index (χ4n) is 3.66. The van der Waals surface area contributed by atoms with Gasteiger partial charge in [-0.05, 0) is 68.2 Å². The number of primary amides is 1. The van der Waals surface area contributed by atoms with Gasteiger partial charge in [0.1, 0.15) is 0 Å². The van der Waals surface area contributed by atoms with Gasteiger partial charge in [-0.2, -0.15) is 0 Å². The van der Waals surface area contributed by atoms with E-state index in [-0.39, 0.29) is 17.7 Å². The smallest absolute Gasteiger partial charge is 0.255 e. The molecule has 1 aliphatic heterocycles. The van der Waals surface area contributed by atoms with Gasteiger partial charge in [0.05, 0.1) is 14.2 Å². The standard InChI is InChI=1S/C23H29N3O4/c1-29-20-8-5-18(15-21(20)30-2)23(28)25-19-6-3-16(4-7-19)9-12-26-13-10-17(11-14-26)22(24)27/h3-8,15,17H,9-14H2,1-2H3,(H2,24,27)(H,25,28). The molecular formula is C23H29N3O4. The van der Waals surface area contributed by atoms with Gasteiger partial charge in [-0.3, -0.25) is 9.59 Å². The molecule has 0 saturated carbocycles. The number of nitrogens with zero attached hydrogens (tertiary/aromatic N) is 1. The Labute approximate surface area is 177 Å². The molecule has 0 aromatic heterocycles. The molecule has 2 amide bonds. The summed E-state index contributed by atoms with van der Waals surface area (Å²) in [5.41, 5.74) is 7.83. The Bertz CT molecular complexity index is 875. The second kappa shape index (κ2) is 10.1. The number of nitrogens with one attached hydrogen (secondary N) is 1. The highest BCUT2D eigenvalue weighted by Crippen LogP contribution is 2.28. The summed E-state index contributed by atoms with van der Waals surface area (Å²) >= 11 is 0. The predicted octanol–water partition coefficient (Wildman–Crippen LogP) is 2.70. The average Bonchev–Trinajstić information content (AvgIpc) is 2.78. The summed E-state index contributed by atoms with van der Waals surface area (Å²) in [7, 11) is 3.10. The van der Waals surface area contributed by atoms with E-state index in [1.54, 1.807) is 25.3 Å². The van der Waals surface area contributed by atoms with Crippen LogP contribution in [0.5, 0.6) is 11.5 Å². The third kappa shape index (κ3) is 5.51. The van der Waals surface area contributed by atoms with Crippen molar-refractivity contribution >= 4 is 17.5 Å². The number of benzene rings is 2. The monoisotopic (exact) mass is 411 g/mol. The summed E-state index contributed by atoms with van der Waals surface area (Å²) in [5.74, 6) is 0.730. The van der Waals surface area contributed by atoms with E-state index in [0.717, 1.165) is 44.6 Å². The van der Waals surface area contributed by atoms with E-state index in [9.17, 15) is 9.59 Å². The van der Waals surface area contributed by atoms with Gasteiger partial charge in [0.2, 0.25) is 5.91 Å². The maximum atomic E-state index is 12.5. The topological polar surface area (TPSA) is 93.9 Å². The third-order valence-corrected chi connectivity index (χ3v) is 5.56. The van der Waals surface area contributed by atoms with Crippen LogP contribution in [0.3, 0.4) is 0 Å². The van der Waals surface area contributed by atoms with Gasteiger partial charge in [-0.25, -0.2) is 0 Å². The molecule has 2 aromatic rings. The Morgan fingerprint density at radius 1 is 1.03 bits per heavy atom. The second-order valence-electron chi connectivity index (χ2n) is 7.49. The lowest BCUT2D eigenvalue weighted by molar-refractivity contribution is -0.123. The highest BCUT2D eigenvalue weighted by atomic mass is 16.5. The van der Waals surface area contributed by atoms with Crippen LogP contribution in [0.15, 0.2) is 42.5 Å². The second-order valence-corrected chi connectivity index (χ2v) is 7.49. The molecular weight excluding hydrogens is 382 g/mol. The van der Waals surface area contributed by atoms with Gasteiger partial charge >= 0.3 is 0 Å². The van der Waals surface area contributed by atoms with E-state index in [2.05, 4.69) is 10.2 Å². The van der Waals surface area contributed by atoms with Crippen LogP contribution in [-0.4, -0.2) is 50.6 Å². The molecule has 0 aliphatic carbocycles. The molecule has 7 nitrogen and oxygen atoms in total. The molecule has 3 rings (SSSR count). The molecule has 3 N–H and O–H groups in total. The van der Waals surface area contributed by atoms with Gasteiger partial charge in [0.25, 0.3) is 5.91 Å². The Balaban J connectivity index is 1.51. The summed E-state index contributed by atoms with van der Waals surface area (Å²) in [6, 6.07) is 12.9. The number of carbonyl (C=O) groups is 2. The summed E-state index contributed by atoms with van der Waals surface area (Å²) in [4.78, 5) is 26.2. The Morgan fingerprint density at radius 2 is 1.70 bits per heavy atom. The van der Waals surface area contributed by atoms with E-state index < -0.39 is 0 Å². The van der Waals surface area contributed by atoms with Gasteiger partial charge in [0.15, 0.2) is 11.5 Å². The van der Waals surface area contributed by atoms with Crippen LogP contribution in [0, 0.1) is 5.92 Å². The largest absolute Gasteiger partial charge is 0.493 e. The summed E-state index contributed by atoms with van der Waals surface area (Å²) < 4.78 is 10.5. The van der Waals surface area contributed by atoms with E-state index in [0.29, 0.717) is 17.1 Å². The molecule has 0 radical (unpaired) electrons. The van der Waals surface area contributed by atoms with Crippen LogP contribution in [0.1, 0.15) is 28.8 Å². The SMILES string of the molecule is COc1ccc(C(=O)Nc2ccc(CCN3CCC(C(N)=O)CC3)cc2)cc1OC. The molecule has 2 aromatic carbocycles. The first-order valence-corrected chi connectivity index (χ1v) is 10.1. The Kier molecular flexibility index (Phi) is 7.30. The summed E-state index contributed by atoms with van der Waals surface area (Å²) in [5, 5.41) is 2.91. The first-order chi connectivity index (χ1) is 14.5. The highest BCUT2D eigenvalue weighted by Gasteiger charge is 2.22. The van der Waals surface area contributed by atoms with Crippen molar-refractivity contribution in [3.8, 4) is 11.5 Å². The molecule has 7 heteroatoms. The van der Waals surface area contributed by atoms with Crippen molar-refractivity contribution in [1.29, 1.82) is 0 Å². The van der Waals surface area contributed by atoms with Crippen molar-refractivity contribution in [2.24, 2.45) is 11.7 Å². The zero-order valence-corrected chi connectivity index (χ0v) is 17.5. The molecule has 0 atom stereocenters. The Hall–Kier alpha value is -3.06. The van der Waals surface area contributed by atoms with Gasteiger partial charge in [-0.1, -0.05) is 12.1 Å². The molecule has 0 unspecified atom stereocenters. The van der Waals surface area contributed by atoms with Crippen molar-refractivity contribution in [2.75, 3.05) is 39.2 Å². The number of hydrogen-bond acceptors (Lipinski definition) is 5. The molecule has 160 valence electrons. The number of anilines is 1. The van der Waals surface area contributed by atoms with E-state index in [4.69, 9.17) is 15.2 Å². The number of likely N-dealkylation sites (tertiary alicyclic amines) is 1. The third-order valence-electron chi connectivity index (χ3n) is 5.56. The normalized spacial score (nSPS) is 14.9. The number of amides is 2. The zero-order valence-electron chi connectivity index (χ0n) is 17.5. The van der Waals surface area contributed by atoms with Gasteiger partial charge in [-0.15, -0.1) is 0 Å². The summed E-state index contributed by atoms with van der Waals surface area (Å²) in [6.45, 7) is 2.77. The highest BCUT2D eigenvalue weighted by molar-refractivity contribution is 6.04. The molecule has 0 bridgehead atoms. The maximum absolute atomic E-state index is 12.5. The first-order valence-electron chi connectivity index (χ1n) is 10.1. The van der Waals surface area contributed by atoms with Crippen LogP contribution in [0.2, 0.25) is 0 Å². The lowest BCUT2D eigenvalue weighted by Crippen LogP contribution is -2.39. The van der Waals surface area contributed by atoms with E-state index >= 15 is 0 Å². The zero-order chi connectivity index (χ0) is 21.5. The average molecular weight is 412 g/mol. The lowest BCUT2D eigenvalue weighted by atomic mass is 9.96. The quantitative estimate of drug-likeness (QED) is 0.697. The van der Waals surface area contributed by atoms with Crippen LogP contribution in [0.4, 0.5) is 5.69 Å². The van der Waals surface area contributed by atoms with Crippen LogP contribution in [0.25, 0.3) is 0 Å². The van der Waals surface area contributed by atoms with Crippen LogP contribution < -0.4 is 20.5 Å². The van der Waals surface area contributed by atoms with Crippen molar-refractivity contribution in [3.63, 3.8) is 0 Å². The molecule has 1 aliphatic rings. The molecule has 1 saturated heterocycles. The maximum Gasteiger partial charge on any atom is 0.255 e. The first kappa shape index (κ1) is 21.6. The van der Waals surface area contributed by atoms with E-state index in [1.807, 2.05) is 24.3 Å². The van der Waals surface area contributed by atoms with Crippen molar-refractivity contribution < 1.29 is 19.1 Å². The number of ether oxygens (including phenoxy) is 2. The van der Waals surface area contributed by atoms with E-state index in [1.165, 1.54) is 12.7 Å². The lowest BCUT2D eigenvalue weighted by Gasteiger charge is -2.30. The number of piperidine rings is 1. The van der Waals surface area contributed by atoms with Gasteiger partial charge < -0.3 is 25.4 Å². The van der Waals surface area contributed by atoms with Crippen LogP contribution >= 0.6 is 0 Å². The minimum absolute atomic E-state index is 0.0230. The van der Waals surface area contributed by atoms with Crippen molar-refractivity contribution in [3.05, 3.63) is 53.6 Å². The number of nitrogens with two attached hydrogens (primary N) is 1. The van der Waals surface area contributed by atoms with Crippen molar-refractivity contribution in [1.82, 2.24) is 4.90 Å². The molecule has 30 heavy (non-hydrogen) atoms. The number of methoxy groups -OCH3 is 2. The van der Waals surface area contributed by atoms with Crippen molar-refractivity contribution in [2.45, 2.75) is 19.3 Å². The minimum Gasteiger partial charge on any atom is -0.493 e. The van der Waals surface area contributed by atoms with Crippen LogP contribution in [-0.2, 0) is 11.2 Å². The fraction of sp³-hybridized carbons (Fsp3) is 0.391. The fourth-order valence-corrected chi connectivity index (χ4v) is 3.66. The molecule has 1 heterocycles. The Morgan fingerprint density at radius 3 is 2.30 bits per heavy atom. The minimum atomic E-state index is -0.207.